The molecule has 0 saturated carbocycles. The van der Waals surface area contributed by atoms with Crippen molar-refractivity contribution in [2.75, 3.05) is 31.2 Å². The summed E-state index contributed by atoms with van der Waals surface area (Å²) < 4.78 is 43.5. The number of alkyl halides is 3. The Labute approximate surface area is 115 Å². The first-order valence-electron chi connectivity index (χ1n) is 6.51. The van der Waals surface area contributed by atoms with Crippen LogP contribution in [0.4, 0.5) is 19.0 Å². The average Bonchev–Trinajstić information content (AvgIpc) is 2.45. The molecule has 1 atom stereocenters. The number of aromatic nitrogens is 1. The van der Waals surface area contributed by atoms with Crippen LogP contribution < -0.4 is 4.90 Å². The molecule has 0 bridgehead atoms. The maximum absolute atomic E-state index is 12.7. The van der Waals surface area contributed by atoms with E-state index in [1.807, 2.05) is 0 Å². The highest BCUT2D eigenvalue weighted by molar-refractivity contribution is 5.42. The molecule has 2 heterocycles. The molecular formula is C13H17F3N2O2. The van der Waals surface area contributed by atoms with Crippen LogP contribution in [0.25, 0.3) is 0 Å². The van der Waals surface area contributed by atoms with Gasteiger partial charge in [-0.3, -0.25) is 0 Å². The molecule has 1 fully saturated rings. The monoisotopic (exact) mass is 290 g/mol. The quantitative estimate of drug-likeness (QED) is 0.922. The maximum atomic E-state index is 12.7. The Bertz CT molecular complexity index is 440. The molecule has 20 heavy (non-hydrogen) atoms. The largest absolute Gasteiger partial charge is 0.416 e. The minimum Gasteiger partial charge on any atom is -0.394 e. The summed E-state index contributed by atoms with van der Waals surface area (Å²) in [5, 5.41) is 8.73. The molecule has 4 nitrogen and oxygen atoms in total. The summed E-state index contributed by atoms with van der Waals surface area (Å²) in [6.45, 7) is 1.34. The molecule has 0 spiro atoms. The lowest BCUT2D eigenvalue weighted by Crippen LogP contribution is -2.40. The van der Waals surface area contributed by atoms with Gasteiger partial charge in [0.2, 0.25) is 0 Å². The summed E-state index contributed by atoms with van der Waals surface area (Å²) in [5.74, 6) is 0.317. The molecule has 0 amide bonds. The molecule has 1 aromatic heterocycles. The summed E-state index contributed by atoms with van der Waals surface area (Å²) >= 11 is 0. The number of pyridine rings is 1. The molecule has 1 aromatic rings. The first-order valence-corrected chi connectivity index (χ1v) is 6.51. The van der Waals surface area contributed by atoms with Crippen molar-refractivity contribution in [3.63, 3.8) is 0 Å². The fraction of sp³-hybridized carbons (Fsp3) is 0.615. The van der Waals surface area contributed by atoms with Crippen molar-refractivity contribution in [3.05, 3.63) is 23.9 Å². The molecule has 1 aliphatic rings. The normalized spacial score (nSPS) is 20.2. The van der Waals surface area contributed by atoms with Crippen LogP contribution in [0.2, 0.25) is 0 Å². The van der Waals surface area contributed by atoms with Crippen LogP contribution >= 0.6 is 0 Å². The number of halogens is 3. The van der Waals surface area contributed by atoms with E-state index in [9.17, 15) is 13.2 Å². The number of aliphatic hydroxyl groups excluding tert-OH is 1. The molecule has 112 valence electrons. The fourth-order valence-electron chi connectivity index (χ4n) is 2.27. The predicted molar refractivity (Wildman–Crippen MR) is 67.5 cm³/mol. The van der Waals surface area contributed by atoms with E-state index in [4.69, 9.17) is 9.84 Å². The third kappa shape index (κ3) is 3.83. The molecule has 7 heteroatoms. The highest BCUT2D eigenvalue weighted by Gasteiger charge is 2.31. The molecule has 1 N–H and O–H groups in total. The van der Waals surface area contributed by atoms with Gasteiger partial charge in [-0.2, -0.15) is 13.2 Å². The Morgan fingerprint density at radius 3 is 2.95 bits per heavy atom. The minimum absolute atomic E-state index is 0.0572. The van der Waals surface area contributed by atoms with Crippen LogP contribution in [-0.2, 0) is 10.9 Å². The first kappa shape index (κ1) is 15.1. The van der Waals surface area contributed by atoms with Gasteiger partial charge in [0, 0.05) is 19.3 Å². The Morgan fingerprint density at radius 2 is 2.25 bits per heavy atom. The van der Waals surface area contributed by atoms with Crippen LogP contribution in [0.15, 0.2) is 18.3 Å². The van der Waals surface area contributed by atoms with Gasteiger partial charge in [-0.15, -0.1) is 0 Å². The zero-order valence-electron chi connectivity index (χ0n) is 10.9. The van der Waals surface area contributed by atoms with Crippen molar-refractivity contribution in [1.82, 2.24) is 4.98 Å². The van der Waals surface area contributed by atoms with Crippen molar-refractivity contribution in [2.24, 2.45) is 0 Å². The van der Waals surface area contributed by atoms with Crippen LogP contribution in [0.1, 0.15) is 18.4 Å². The molecule has 1 aliphatic heterocycles. The second-order valence-electron chi connectivity index (χ2n) is 4.71. The highest BCUT2D eigenvalue weighted by atomic mass is 19.4. The number of nitrogens with zero attached hydrogens (tertiary/aromatic N) is 2. The number of anilines is 1. The summed E-state index contributed by atoms with van der Waals surface area (Å²) in [6.07, 6.45) is -1.59. The Morgan fingerprint density at radius 1 is 1.45 bits per heavy atom. The summed E-state index contributed by atoms with van der Waals surface area (Å²) in [4.78, 5) is 5.80. The van der Waals surface area contributed by atoms with Gasteiger partial charge < -0.3 is 14.7 Å². The van der Waals surface area contributed by atoms with Crippen molar-refractivity contribution >= 4 is 5.82 Å². The smallest absolute Gasteiger partial charge is 0.394 e. The van der Waals surface area contributed by atoms with Crippen molar-refractivity contribution in [2.45, 2.75) is 25.1 Å². The van der Waals surface area contributed by atoms with E-state index in [0.29, 0.717) is 18.9 Å². The van der Waals surface area contributed by atoms with Crippen molar-refractivity contribution < 1.29 is 23.0 Å². The second kappa shape index (κ2) is 6.41. The minimum atomic E-state index is -4.36. The van der Waals surface area contributed by atoms with E-state index >= 15 is 0 Å². The maximum Gasteiger partial charge on any atom is 0.416 e. The summed E-state index contributed by atoms with van der Waals surface area (Å²) in [6, 6.07) is 2.03. The number of hydrogen-bond acceptors (Lipinski definition) is 4. The Hall–Kier alpha value is -1.34. The molecule has 0 aliphatic carbocycles. The summed E-state index contributed by atoms with van der Waals surface area (Å²) in [5.41, 5.74) is -0.694. The average molecular weight is 290 g/mol. The standard InChI is InChI=1S/C13H17F3N2O2/c14-13(15,16)10-3-4-17-12(8-10)18-5-1-2-11(9-18)20-7-6-19/h3-4,8,11,19H,1-2,5-7,9H2. The molecule has 1 unspecified atom stereocenters. The lowest BCUT2D eigenvalue weighted by atomic mass is 10.1. The number of ether oxygens (including phenoxy) is 1. The number of aliphatic hydroxyl groups is 1. The second-order valence-corrected chi connectivity index (χ2v) is 4.71. The topological polar surface area (TPSA) is 45.6 Å². The van der Waals surface area contributed by atoms with E-state index in [2.05, 4.69) is 4.98 Å². The molecular weight excluding hydrogens is 273 g/mol. The molecule has 0 aromatic carbocycles. The Balaban J connectivity index is 2.07. The van der Waals surface area contributed by atoms with Gasteiger partial charge in [0.15, 0.2) is 0 Å². The van der Waals surface area contributed by atoms with Gasteiger partial charge >= 0.3 is 6.18 Å². The van der Waals surface area contributed by atoms with E-state index in [1.54, 1.807) is 4.90 Å². The van der Waals surface area contributed by atoms with Gasteiger partial charge in [0.1, 0.15) is 5.82 Å². The van der Waals surface area contributed by atoms with Crippen LogP contribution in [0, 0.1) is 0 Å². The zero-order valence-corrected chi connectivity index (χ0v) is 10.9. The number of hydrogen-bond donors (Lipinski definition) is 1. The van der Waals surface area contributed by atoms with E-state index in [-0.39, 0.29) is 19.3 Å². The van der Waals surface area contributed by atoms with E-state index in [1.165, 1.54) is 6.20 Å². The van der Waals surface area contributed by atoms with Crippen LogP contribution in [0.3, 0.4) is 0 Å². The number of piperidine rings is 1. The van der Waals surface area contributed by atoms with Gasteiger partial charge in [-0.05, 0) is 25.0 Å². The predicted octanol–water partition coefficient (Wildman–Crippen LogP) is 2.08. The van der Waals surface area contributed by atoms with Crippen molar-refractivity contribution in [1.29, 1.82) is 0 Å². The van der Waals surface area contributed by atoms with Gasteiger partial charge in [0.05, 0.1) is 24.9 Å². The van der Waals surface area contributed by atoms with Gasteiger partial charge in [-0.25, -0.2) is 4.98 Å². The van der Waals surface area contributed by atoms with E-state index in [0.717, 1.165) is 25.0 Å². The zero-order chi connectivity index (χ0) is 14.6. The molecule has 0 radical (unpaired) electrons. The number of rotatable bonds is 4. The Kier molecular flexibility index (Phi) is 4.82. The highest BCUT2D eigenvalue weighted by Crippen LogP contribution is 2.31. The van der Waals surface area contributed by atoms with Crippen molar-refractivity contribution in [3.8, 4) is 0 Å². The summed E-state index contributed by atoms with van der Waals surface area (Å²) in [7, 11) is 0. The lowest BCUT2D eigenvalue weighted by molar-refractivity contribution is -0.137. The fourth-order valence-corrected chi connectivity index (χ4v) is 2.27. The van der Waals surface area contributed by atoms with E-state index < -0.39 is 11.7 Å². The van der Waals surface area contributed by atoms with Crippen LogP contribution in [-0.4, -0.2) is 42.5 Å². The first-order chi connectivity index (χ1) is 9.50. The van der Waals surface area contributed by atoms with Crippen LogP contribution in [0.5, 0.6) is 0 Å². The molecule has 2 rings (SSSR count). The lowest BCUT2D eigenvalue weighted by Gasteiger charge is -2.33. The third-order valence-electron chi connectivity index (χ3n) is 3.22. The molecule has 1 saturated heterocycles. The van der Waals surface area contributed by atoms with Gasteiger partial charge in [0.25, 0.3) is 0 Å². The van der Waals surface area contributed by atoms with Gasteiger partial charge in [-0.1, -0.05) is 0 Å². The third-order valence-corrected chi connectivity index (χ3v) is 3.22. The SMILES string of the molecule is OCCOC1CCCN(c2cc(C(F)(F)F)ccn2)C1.